The summed E-state index contributed by atoms with van der Waals surface area (Å²) in [6, 6.07) is 5.03. The molecule has 0 radical (unpaired) electrons. The van der Waals surface area contributed by atoms with E-state index in [2.05, 4.69) is 10.2 Å². The standard InChI is InChI=1S/C16H26N2O3/c1-3-10-21-13-4-5-15(19)14(11-13)16(20)12(2)18-8-6-17-7-9-18/h4-5,11-12,16-17,19-20H,3,6-10H2,1-2H3. The predicted molar refractivity (Wildman–Crippen MR) is 82.8 cm³/mol. The highest BCUT2D eigenvalue weighted by Gasteiger charge is 2.26. The number of piperazine rings is 1. The second-order valence-corrected chi connectivity index (χ2v) is 5.54. The van der Waals surface area contributed by atoms with Crippen molar-refractivity contribution < 1.29 is 14.9 Å². The van der Waals surface area contributed by atoms with Gasteiger partial charge < -0.3 is 20.3 Å². The highest BCUT2D eigenvalue weighted by molar-refractivity contribution is 5.41. The molecule has 1 saturated heterocycles. The van der Waals surface area contributed by atoms with Gasteiger partial charge in [-0.15, -0.1) is 0 Å². The summed E-state index contributed by atoms with van der Waals surface area (Å²) >= 11 is 0. The Morgan fingerprint density at radius 2 is 2.05 bits per heavy atom. The van der Waals surface area contributed by atoms with Crippen molar-refractivity contribution in [1.29, 1.82) is 0 Å². The summed E-state index contributed by atoms with van der Waals surface area (Å²) < 4.78 is 5.58. The molecule has 2 unspecified atom stereocenters. The molecular weight excluding hydrogens is 268 g/mol. The van der Waals surface area contributed by atoms with Gasteiger partial charge in [-0.1, -0.05) is 6.92 Å². The summed E-state index contributed by atoms with van der Waals surface area (Å²) in [5, 5.41) is 23.9. The van der Waals surface area contributed by atoms with Crippen LogP contribution in [0.3, 0.4) is 0 Å². The van der Waals surface area contributed by atoms with Crippen LogP contribution in [-0.4, -0.2) is 53.9 Å². The fourth-order valence-corrected chi connectivity index (χ4v) is 2.63. The van der Waals surface area contributed by atoms with Gasteiger partial charge in [-0.3, -0.25) is 4.90 Å². The Morgan fingerprint density at radius 3 is 2.71 bits per heavy atom. The first-order chi connectivity index (χ1) is 10.1. The lowest BCUT2D eigenvalue weighted by Gasteiger charge is -2.35. The van der Waals surface area contributed by atoms with E-state index in [4.69, 9.17) is 4.74 Å². The maximum atomic E-state index is 10.6. The molecule has 0 aromatic heterocycles. The lowest BCUT2D eigenvalue weighted by atomic mass is 10.0. The minimum Gasteiger partial charge on any atom is -0.508 e. The molecule has 0 aliphatic carbocycles. The van der Waals surface area contributed by atoms with Gasteiger partial charge in [0.15, 0.2) is 0 Å². The van der Waals surface area contributed by atoms with Crippen LogP contribution in [-0.2, 0) is 0 Å². The summed E-state index contributed by atoms with van der Waals surface area (Å²) in [7, 11) is 0. The Morgan fingerprint density at radius 1 is 1.33 bits per heavy atom. The zero-order chi connectivity index (χ0) is 15.2. The number of aliphatic hydroxyl groups excluding tert-OH is 1. The van der Waals surface area contributed by atoms with Crippen LogP contribution in [0.25, 0.3) is 0 Å². The van der Waals surface area contributed by atoms with Crippen molar-refractivity contribution in [2.45, 2.75) is 32.4 Å². The van der Waals surface area contributed by atoms with Gasteiger partial charge in [0.05, 0.1) is 12.7 Å². The number of nitrogens with zero attached hydrogens (tertiary/aromatic N) is 1. The highest BCUT2D eigenvalue weighted by atomic mass is 16.5. The average Bonchev–Trinajstić information content (AvgIpc) is 2.53. The van der Waals surface area contributed by atoms with Crippen LogP contribution < -0.4 is 10.1 Å². The minimum atomic E-state index is -0.728. The van der Waals surface area contributed by atoms with Gasteiger partial charge in [0.2, 0.25) is 0 Å². The van der Waals surface area contributed by atoms with E-state index >= 15 is 0 Å². The van der Waals surface area contributed by atoms with Crippen LogP contribution in [0.4, 0.5) is 0 Å². The van der Waals surface area contributed by atoms with Crippen molar-refractivity contribution in [2.24, 2.45) is 0 Å². The molecule has 0 bridgehead atoms. The van der Waals surface area contributed by atoms with Crippen LogP contribution >= 0.6 is 0 Å². The van der Waals surface area contributed by atoms with Gasteiger partial charge in [0, 0.05) is 37.8 Å². The molecule has 1 fully saturated rings. The second kappa shape index (κ2) is 7.64. The molecule has 5 heteroatoms. The van der Waals surface area contributed by atoms with E-state index < -0.39 is 6.10 Å². The zero-order valence-electron chi connectivity index (χ0n) is 12.9. The van der Waals surface area contributed by atoms with Gasteiger partial charge in [-0.25, -0.2) is 0 Å². The minimum absolute atomic E-state index is 0.0422. The molecule has 0 spiro atoms. The van der Waals surface area contributed by atoms with Crippen LogP contribution in [0.1, 0.15) is 31.9 Å². The molecule has 1 aliphatic rings. The number of ether oxygens (including phenoxy) is 1. The van der Waals surface area contributed by atoms with Gasteiger partial charge in [-0.2, -0.15) is 0 Å². The number of benzene rings is 1. The Balaban J connectivity index is 2.10. The molecule has 2 atom stereocenters. The molecule has 1 aromatic carbocycles. The van der Waals surface area contributed by atoms with Crippen molar-refractivity contribution in [3.05, 3.63) is 23.8 Å². The normalized spacial score (nSPS) is 19.2. The molecule has 1 aliphatic heterocycles. The number of hydrogen-bond donors (Lipinski definition) is 3. The number of hydrogen-bond acceptors (Lipinski definition) is 5. The van der Waals surface area contributed by atoms with Crippen LogP contribution in [0.2, 0.25) is 0 Å². The van der Waals surface area contributed by atoms with Gasteiger partial charge >= 0.3 is 0 Å². The summed E-state index contributed by atoms with van der Waals surface area (Å²) in [6.07, 6.45) is 0.198. The molecule has 118 valence electrons. The molecule has 1 aromatic rings. The van der Waals surface area contributed by atoms with Gasteiger partial charge in [-0.05, 0) is 31.5 Å². The molecule has 5 nitrogen and oxygen atoms in total. The SMILES string of the molecule is CCCOc1ccc(O)c(C(O)C(C)N2CCNCC2)c1. The number of aliphatic hydroxyl groups is 1. The third-order valence-electron chi connectivity index (χ3n) is 3.97. The van der Waals surface area contributed by atoms with Crippen molar-refractivity contribution in [2.75, 3.05) is 32.8 Å². The van der Waals surface area contributed by atoms with Crippen molar-refractivity contribution in [1.82, 2.24) is 10.2 Å². The quantitative estimate of drug-likeness (QED) is 0.742. The summed E-state index contributed by atoms with van der Waals surface area (Å²) in [5.41, 5.74) is 0.537. The van der Waals surface area contributed by atoms with Crippen molar-refractivity contribution >= 4 is 0 Å². The van der Waals surface area contributed by atoms with E-state index in [1.165, 1.54) is 0 Å². The van der Waals surface area contributed by atoms with Crippen molar-refractivity contribution in [3.8, 4) is 11.5 Å². The first-order valence-corrected chi connectivity index (χ1v) is 7.72. The molecule has 3 N–H and O–H groups in total. The summed E-state index contributed by atoms with van der Waals surface area (Å²) in [4.78, 5) is 2.24. The van der Waals surface area contributed by atoms with E-state index in [1.54, 1.807) is 18.2 Å². The molecule has 0 amide bonds. The molecule has 1 heterocycles. The zero-order valence-corrected chi connectivity index (χ0v) is 12.9. The van der Waals surface area contributed by atoms with E-state index in [9.17, 15) is 10.2 Å². The lowest BCUT2D eigenvalue weighted by molar-refractivity contribution is 0.0494. The van der Waals surface area contributed by atoms with Crippen LogP contribution in [0, 0.1) is 0 Å². The fourth-order valence-electron chi connectivity index (χ4n) is 2.63. The van der Waals surface area contributed by atoms with Gasteiger partial charge in [0.25, 0.3) is 0 Å². The summed E-state index contributed by atoms with van der Waals surface area (Å²) in [6.45, 7) is 8.35. The monoisotopic (exact) mass is 294 g/mol. The Kier molecular flexibility index (Phi) is 5.85. The molecular formula is C16H26N2O3. The van der Waals surface area contributed by atoms with E-state index in [1.807, 2.05) is 13.8 Å². The maximum absolute atomic E-state index is 10.6. The summed E-state index contributed by atoms with van der Waals surface area (Å²) in [5.74, 6) is 0.810. The third kappa shape index (κ3) is 4.09. The smallest absolute Gasteiger partial charge is 0.121 e. The first kappa shape index (κ1) is 16.1. The number of nitrogens with one attached hydrogen (secondary N) is 1. The predicted octanol–water partition coefficient (Wildman–Crippen LogP) is 1.51. The van der Waals surface area contributed by atoms with Gasteiger partial charge in [0.1, 0.15) is 11.5 Å². The van der Waals surface area contributed by atoms with E-state index in [-0.39, 0.29) is 11.8 Å². The fraction of sp³-hybridized carbons (Fsp3) is 0.625. The molecule has 2 rings (SSSR count). The number of rotatable bonds is 6. The number of phenols is 1. The largest absolute Gasteiger partial charge is 0.508 e. The van der Waals surface area contributed by atoms with Crippen LogP contribution in [0.15, 0.2) is 18.2 Å². The Labute approximate surface area is 126 Å². The van der Waals surface area contributed by atoms with E-state index in [0.29, 0.717) is 17.9 Å². The Bertz CT molecular complexity index is 447. The number of aromatic hydroxyl groups is 1. The molecule has 21 heavy (non-hydrogen) atoms. The van der Waals surface area contributed by atoms with E-state index in [0.717, 1.165) is 32.6 Å². The van der Waals surface area contributed by atoms with Crippen molar-refractivity contribution in [3.63, 3.8) is 0 Å². The maximum Gasteiger partial charge on any atom is 0.121 e. The molecule has 0 saturated carbocycles. The Hall–Kier alpha value is -1.30. The average molecular weight is 294 g/mol. The second-order valence-electron chi connectivity index (χ2n) is 5.54. The van der Waals surface area contributed by atoms with Crippen LogP contribution in [0.5, 0.6) is 11.5 Å². The topological polar surface area (TPSA) is 65.0 Å². The third-order valence-corrected chi connectivity index (χ3v) is 3.97. The lowest BCUT2D eigenvalue weighted by Crippen LogP contribution is -2.49. The number of phenolic OH excluding ortho intramolecular Hbond substituents is 1. The highest BCUT2D eigenvalue weighted by Crippen LogP contribution is 2.32. The first-order valence-electron chi connectivity index (χ1n) is 7.72.